The standard InChI is InChI=1S/C58H84N14O13/c1-31(2)28-45-54(80)66-40(18-23-59)49(75)65-43(21-26-62)53(79)71-47(32(3)73)56(82)63-27-22-44(52(78)64-41(19-24-60)51(77)70-46(55(81)69-45)29-34-12-6-5-7-13-34)67-50(76)42(20-25-61)68-57(83)48(33(4)74)72-58(84)85-30-39-37-16-10-8-14-35(37)36-15-9-11-17-38(36)39/h5-17,31-33,39-48,73-74H,18-30,59-62H2,1-4H3,(H,63,82)(H,64,78)(H,65,75)(H,66,80)(H,67,76)(H,68,83)(H,69,81)(H,70,77)(H,71,79)(H,72,84)/t32-,33-,40+,41+,42+,43+,44+,45+,46-,47-,48-/m1/s1. The molecule has 3 aromatic carbocycles. The van der Waals surface area contributed by atoms with Gasteiger partial charge in [-0.3, -0.25) is 43.2 Å². The van der Waals surface area contributed by atoms with Crippen molar-refractivity contribution in [3.8, 4) is 11.1 Å². The average Bonchev–Trinajstić information content (AvgIpc) is 1.95. The smallest absolute Gasteiger partial charge is 0.407 e. The normalized spacial score (nSPS) is 22.7. The molecule has 1 aliphatic heterocycles. The number of carbonyl (C=O) groups excluding carboxylic acids is 10. The van der Waals surface area contributed by atoms with Crippen molar-refractivity contribution in [2.24, 2.45) is 28.9 Å². The summed E-state index contributed by atoms with van der Waals surface area (Å²) in [5, 5.41) is 47.1. The van der Waals surface area contributed by atoms with Crippen LogP contribution in [0.15, 0.2) is 78.9 Å². The Bertz CT molecular complexity index is 2740. The van der Waals surface area contributed by atoms with Crippen LogP contribution in [0.2, 0.25) is 0 Å². The fraction of sp³-hybridized carbons (Fsp3) is 0.517. The first-order valence-electron chi connectivity index (χ1n) is 28.6. The van der Waals surface area contributed by atoms with E-state index in [0.717, 1.165) is 22.3 Å². The number of hydrogen-bond donors (Lipinski definition) is 16. The van der Waals surface area contributed by atoms with Gasteiger partial charge in [-0.25, -0.2) is 4.79 Å². The van der Waals surface area contributed by atoms with Crippen LogP contribution in [0, 0.1) is 5.92 Å². The molecule has 27 nitrogen and oxygen atoms in total. The van der Waals surface area contributed by atoms with E-state index in [9.17, 15) is 58.2 Å². The van der Waals surface area contributed by atoms with Crippen LogP contribution in [-0.2, 0) is 54.3 Å². The molecule has 464 valence electrons. The minimum Gasteiger partial charge on any atom is -0.449 e. The second-order valence-corrected chi connectivity index (χ2v) is 21.6. The van der Waals surface area contributed by atoms with E-state index in [1.54, 1.807) is 44.2 Å². The molecule has 1 aliphatic carbocycles. The molecule has 10 amide bonds. The van der Waals surface area contributed by atoms with E-state index >= 15 is 0 Å². The molecule has 11 atom stereocenters. The SMILES string of the molecule is CC(C)C[C@@H]1NC(=O)[C@@H](Cc2ccccc2)NC(=O)[C@H](CCN)NC(=O)[C@@H](NC(=O)[C@H](CCN)NC(=O)[C@H](NC(=O)OCC2c3ccccc3-c3ccccc32)[C@@H](C)O)CCNC(=O)[C@@H]([C@@H](C)O)NC(=O)[C@H](CCN)NC(=O)[C@H](CCN)NC1=O. The molecule has 1 fully saturated rings. The van der Waals surface area contributed by atoms with Gasteiger partial charge in [-0.15, -0.1) is 0 Å². The quantitative estimate of drug-likeness (QED) is 0.0498. The highest BCUT2D eigenvalue weighted by Gasteiger charge is 2.38. The minimum absolute atomic E-state index is 0.0512. The summed E-state index contributed by atoms with van der Waals surface area (Å²) >= 11 is 0. The third kappa shape index (κ3) is 19.8. The highest BCUT2D eigenvalue weighted by Crippen LogP contribution is 2.44. The van der Waals surface area contributed by atoms with Gasteiger partial charge in [-0.05, 0) is 112 Å². The number of rotatable bonds is 21. The molecule has 0 radical (unpaired) electrons. The Balaban J connectivity index is 1.44. The second-order valence-electron chi connectivity index (χ2n) is 21.6. The van der Waals surface area contributed by atoms with Crippen molar-refractivity contribution < 1.29 is 62.9 Å². The Morgan fingerprint density at radius 1 is 0.576 bits per heavy atom. The predicted octanol–water partition coefficient (Wildman–Crippen LogP) is -3.26. The zero-order valence-electron chi connectivity index (χ0n) is 48.4. The maximum Gasteiger partial charge on any atom is 0.407 e. The first kappa shape index (κ1) is 67.7. The summed E-state index contributed by atoms with van der Waals surface area (Å²) in [6.07, 6.45) is -5.42. The summed E-state index contributed by atoms with van der Waals surface area (Å²) in [5.41, 5.74) is 28.0. The lowest BCUT2D eigenvalue weighted by Gasteiger charge is -2.28. The van der Waals surface area contributed by atoms with Crippen molar-refractivity contribution in [1.82, 2.24) is 53.2 Å². The number of nitrogens with two attached hydrogens (primary N) is 4. The van der Waals surface area contributed by atoms with E-state index in [2.05, 4.69) is 53.2 Å². The predicted molar refractivity (Wildman–Crippen MR) is 313 cm³/mol. The molecule has 2 aliphatic rings. The number of hydrogen-bond acceptors (Lipinski definition) is 17. The van der Waals surface area contributed by atoms with Crippen molar-refractivity contribution in [3.05, 3.63) is 95.6 Å². The van der Waals surface area contributed by atoms with Gasteiger partial charge in [0.25, 0.3) is 0 Å². The lowest BCUT2D eigenvalue weighted by molar-refractivity contribution is -0.136. The molecular weight excluding hydrogens is 1100 g/mol. The van der Waals surface area contributed by atoms with Crippen molar-refractivity contribution in [2.75, 3.05) is 39.3 Å². The van der Waals surface area contributed by atoms with Gasteiger partial charge < -0.3 is 91.1 Å². The van der Waals surface area contributed by atoms with E-state index in [1.807, 2.05) is 48.5 Å². The van der Waals surface area contributed by atoms with E-state index in [0.29, 0.717) is 5.56 Å². The number of aliphatic hydroxyl groups excluding tert-OH is 2. The summed E-state index contributed by atoms with van der Waals surface area (Å²) in [5.74, 6) is -8.90. The zero-order valence-corrected chi connectivity index (χ0v) is 48.4. The third-order valence-corrected chi connectivity index (χ3v) is 14.4. The Morgan fingerprint density at radius 2 is 1.06 bits per heavy atom. The minimum atomic E-state index is -1.68. The molecular formula is C58H84N14O13. The number of carbonyl (C=O) groups is 10. The molecule has 0 aromatic heterocycles. The summed E-state index contributed by atoms with van der Waals surface area (Å²) < 4.78 is 5.62. The number of fused-ring (bicyclic) bond motifs is 3. The van der Waals surface area contributed by atoms with E-state index < -0.39 is 139 Å². The average molecular weight is 1190 g/mol. The van der Waals surface area contributed by atoms with E-state index in [4.69, 9.17) is 27.7 Å². The van der Waals surface area contributed by atoms with Crippen LogP contribution in [-0.4, -0.2) is 175 Å². The number of alkyl carbamates (subject to hydrolysis) is 1. The summed E-state index contributed by atoms with van der Waals surface area (Å²) in [7, 11) is 0. The fourth-order valence-corrected chi connectivity index (χ4v) is 9.95. The number of nitrogens with one attached hydrogen (secondary N) is 10. The van der Waals surface area contributed by atoms with Crippen LogP contribution in [0.4, 0.5) is 4.79 Å². The summed E-state index contributed by atoms with van der Waals surface area (Å²) in [4.78, 5) is 141. The molecule has 5 rings (SSSR count). The van der Waals surface area contributed by atoms with E-state index in [1.165, 1.54) is 13.8 Å². The first-order chi connectivity index (χ1) is 40.6. The van der Waals surface area contributed by atoms with Gasteiger partial charge in [-0.2, -0.15) is 0 Å². The molecule has 3 aromatic rings. The van der Waals surface area contributed by atoms with Gasteiger partial charge >= 0.3 is 6.09 Å². The Morgan fingerprint density at radius 3 is 1.58 bits per heavy atom. The van der Waals surface area contributed by atoms with Gasteiger partial charge in [0.2, 0.25) is 53.2 Å². The first-order valence-corrected chi connectivity index (χ1v) is 28.6. The van der Waals surface area contributed by atoms with Crippen molar-refractivity contribution in [1.29, 1.82) is 0 Å². The van der Waals surface area contributed by atoms with Gasteiger partial charge in [0.1, 0.15) is 61.0 Å². The molecule has 20 N–H and O–H groups in total. The number of aliphatic hydroxyl groups is 2. The zero-order chi connectivity index (χ0) is 62.3. The number of amides is 10. The fourth-order valence-electron chi connectivity index (χ4n) is 9.95. The Hall–Kier alpha value is -8.08. The van der Waals surface area contributed by atoms with Crippen LogP contribution in [0.3, 0.4) is 0 Å². The summed E-state index contributed by atoms with van der Waals surface area (Å²) in [6.45, 7) is 4.81. The van der Waals surface area contributed by atoms with Crippen LogP contribution in [0.5, 0.6) is 0 Å². The monoisotopic (exact) mass is 1180 g/mol. The number of benzene rings is 3. The summed E-state index contributed by atoms with van der Waals surface area (Å²) in [6, 6.07) is 10.4. The molecule has 0 bridgehead atoms. The Kier molecular flexibility index (Phi) is 26.6. The maximum atomic E-state index is 14.5. The Labute approximate surface area is 493 Å². The highest BCUT2D eigenvalue weighted by molar-refractivity contribution is 5.99. The van der Waals surface area contributed by atoms with Crippen molar-refractivity contribution in [2.45, 2.75) is 145 Å². The van der Waals surface area contributed by atoms with Gasteiger partial charge in [0, 0.05) is 18.9 Å². The molecule has 85 heavy (non-hydrogen) atoms. The maximum absolute atomic E-state index is 14.5. The van der Waals surface area contributed by atoms with Crippen LogP contribution >= 0.6 is 0 Å². The van der Waals surface area contributed by atoms with Gasteiger partial charge in [0.05, 0.1) is 12.2 Å². The van der Waals surface area contributed by atoms with Crippen molar-refractivity contribution >= 4 is 59.3 Å². The lowest BCUT2D eigenvalue weighted by Crippen LogP contribution is -2.61. The largest absolute Gasteiger partial charge is 0.449 e. The van der Waals surface area contributed by atoms with Crippen LogP contribution in [0.25, 0.3) is 11.1 Å². The lowest BCUT2D eigenvalue weighted by atomic mass is 9.98. The molecule has 0 unspecified atom stereocenters. The van der Waals surface area contributed by atoms with E-state index in [-0.39, 0.29) is 83.1 Å². The second kappa shape index (κ2) is 33.4. The topological polar surface area (TPSA) is 445 Å². The van der Waals surface area contributed by atoms with Gasteiger partial charge in [0.15, 0.2) is 0 Å². The van der Waals surface area contributed by atoms with Gasteiger partial charge in [-0.1, -0.05) is 92.7 Å². The molecule has 27 heteroatoms. The third-order valence-electron chi connectivity index (χ3n) is 14.4. The molecule has 0 spiro atoms. The van der Waals surface area contributed by atoms with Crippen molar-refractivity contribution in [3.63, 3.8) is 0 Å². The molecule has 1 heterocycles. The van der Waals surface area contributed by atoms with Crippen LogP contribution < -0.4 is 76.1 Å². The van der Waals surface area contributed by atoms with Crippen LogP contribution in [0.1, 0.15) is 88.8 Å². The molecule has 0 saturated carbocycles. The highest BCUT2D eigenvalue weighted by atomic mass is 16.5. The number of ether oxygens (including phenoxy) is 1. The molecule has 1 saturated heterocycles.